The van der Waals surface area contributed by atoms with Crippen LogP contribution >= 0.6 is 11.8 Å². The van der Waals surface area contributed by atoms with Gasteiger partial charge in [0.2, 0.25) is 0 Å². The number of benzene rings is 1. The van der Waals surface area contributed by atoms with Crippen LogP contribution < -0.4 is 5.73 Å². The molecule has 0 saturated carbocycles. The average Bonchev–Trinajstić information content (AvgIpc) is 2.45. The predicted molar refractivity (Wildman–Crippen MR) is 70.5 cm³/mol. The monoisotopic (exact) mass is 307 g/mol. The first-order valence-corrected chi connectivity index (χ1v) is 7.10. The largest absolute Gasteiger partial charge is 0.370 e. The molecule has 0 spiro atoms. The summed E-state index contributed by atoms with van der Waals surface area (Å²) in [5.41, 5.74) is 5.09. The second-order valence-electron chi connectivity index (χ2n) is 4.22. The Balaban J connectivity index is 2.16. The van der Waals surface area contributed by atoms with Gasteiger partial charge in [0.25, 0.3) is 0 Å². The van der Waals surface area contributed by atoms with Crippen LogP contribution in [0.25, 0.3) is 0 Å². The summed E-state index contributed by atoms with van der Waals surface area (Å²) in [6, 6.07) is 0.303. The molecule has 20 heavy (non-hydrogen) atoms. The van der Waals surface area contributed by atoms with Crippen LogP contribution in [0.2, 0.25) is 0 Å². The van der Waals surface area contributed by atoms with E-state index in [4.69, 9.17) is 5.73 Å². The Bertz CT molecular complexity index is 530. The van der Waals surface area contributed by atoms with E-state index in [1.807, 2.05) is 0 Å². The van der Waals surface area contributed by atoms with Gasteiger partial charge in [0, 0.05) is 36.2 Å². The van der Waals surface area contributed by atoms with Crippen molar-refractivity contribution in [1.29, 1.82) is 0 Å². The molecule has 1 heterocycles. The van der Waals surface area contributed by atoms with Crippen molar-refractivity contribution < 1.29 is 17.6 Å². The Labute approximate surface area is 117 Å². The van der Waals surface area contributed by atoms with Gasteiger partial charge in [0.1, 0.15) is 5.82 Å². The summed E-state index contributed by atoms with van der Waals surface area (Å²) in [7, 11) is 0. The maximum absolute atomic E-state index is 13.4. The third kappa shape index (κ3) is 3.17. The Kier molecular flexibility index (Phi) is 4.74. The molecule has 0 radical (unpaired) electrons. The topological polar surface area (TPSA) is 41.6 Å². The summed E-state index contributed by atoms with van der Waals surface area (Å²) in [6.45, 7) is 0.926. The van der Waals surface area contributed by atoms with E-state index in [1.54, 1.807) is 16.7 Å². The van der Waals surface area contributed by atoms with Crippen LogP contribution in [0.15, 0.2) is 11.1 Å². The summed E-state index contributed by atoms with van der Waals surface area (Å²) < 4.78 is 52.7. The van der Waals surface area contributed by atoms with Crippen molar-refractivity contribution in [2.24, 2.45) is 10.7 Å². The molecule has 1 aliphatic heterocycles. The van der Waals surface area contributed by atoms with Crippen LogP contribution in [0, 0.1) is 23.3 Å². The number of hydrogen-bond donors (Lipinski definition) is 1. The van der Waals surface area contributed by atoms with E-state index < -0.39 is 35.4 Å². The van der Waals surface area contributed by atoms with E-state index >= 15 is 0 Å². The van der Waals surface area contributed by atoms with E-state index in [0.717, 1.165) is 11.5 Å². The Morgan fingerprint density at radius 3 is 2.45 bits per heavy atom. The molecule has 1 aliphatic rings. The van der Waals surface area contributed by atoms with Crippen molar-refractivity contribution in [2.75, 3.05) is 24.6 Å². The van der Waals surface area contributed by atoms with Crippen LogP contribution in [-0.4, -0.2) is 35.5 Å². The number of hydrogen-bond acceptors (Lipinski definition) is 2. The van der Waals surface area contributed by atoms with Crippen LogP contribution in [0.5, 0.6) is 0 Å². The standard InChI is InChI=1S/C12H13F4N3S/c13-8-5-9(14)11(16)10(15)7(8)6-18-12(17)19-1-3-20-4-2-19/h5H,1-4,6H2,(H2,17,18). The molecule has 1 fully saturated rings. The molecule has 2 N–H and O–H groups in total. The first kappa shape index (κ1) is 15.0. The van der Waals surface area contributed by atoms with Gasteiger partial charge in [-0.2, -0.15) is 11.8 Å². The molecular formula is C12H13F4N3S. The summed E-state index contributed by atoms with van der Waals surface area (Å²) >= 11 is 1.78. The second-order valence-corrected chi connectivity index (χ2v) is 5.45. The van der Waals surface area contributed by atoms with E-state index in [1.165, 1.54) is 0 Å². The second kappa shape index (κ2) is 6.34. The van der Waals surface area contributed by atoms with Gasteiger partial charge < -0.3 is 10.6 Å². The number of rotatable bonds is 2. The molecule has 2 rings (SSSR count). The normalized spacial score (nSPS) is 16.6. The Morgan fingerprint density at radius 1 is 1.15 bits per heavy atom. The molecule has 1 saturated heterocycles. The summed E-state index contributed by atoms with van der Waals surface area (Å²) in [4.78, 5) is 5.64. The zero-order valence-electron chi connectivity index (χ0n) is 10.5. The molecule has 0 aliphatic carbocycles. The van der Waals surface area contributed by atoms with Gasteiger partial charge in [-0.3, -0.25) is 0 Å². The number of nitrogens with two attached hydrogens (primary N) is 1. The molecule has 1 aromatic rings. The third-order valence-electron chi connectivity index (χ3n) is 2.94. The van der Waals surface area contributed by atoms with Crippen LogP contribution in [0.1, 0.15) is 5.56 Å². The first-order valence-electron chi connectivity index (χ1n) is 5.95. The molecule has 3 nitrogen and oxygen atoms in total. The number of guanidine groups is 1. The molecular weight excluding hydrogens is 294 g/mol. The van der Waals surface area contributed by atoms with Gasteiger partial charge in [-0.05, 0) is 0 Å². The third-order valence-corrected chi connectivity index (χ3v) is 3.89. The lowest BCUT2D eigenvalue weighted by Crippen LogP contribution is -2.42. The van der Waals surface area contributed by atoms with Crippen molar-refractivity contribution in [2.45, 2.75) is 6.54 Å². The molecule has 110 valence electrons. The lowest BCUT2D eigenvalue weighted by atomic mass is 10.2. The van der Waals surface area contributed by atoms with E-state index in [9.17, 15) is 17.6 Å². The van der Waals surface area contributed by atoms with Crippen molar-refractivity contribution in [3.05, 3.63) is 34.9 Å². The predicted octanol–water partition coefficient (Wildman–Crippen LogP) is 2.11. The van der Waals surface area contributed by atoms with Crippen molar-refractivity contribution in [3.8, 4) is 0 Å². The van der Waals surface area contributed by atoms with Gasteiger partial charge in [-0.25, -0.2) is 22.6 Å². The van der Waals surface area contributed by atoms with Crippen LogP contribution in [0.4, 0.5) is 17.6 Å². The minimum absolute atomic E-state index is 0.147. The summed E-state index contributed by atoms with van der Waals surface area (Å²) in [5, 5.41) is 0. The molecule has 8 heteroatoms. The highest BCUT2D eigenvalue weighted by atomic mass is 32.2. The molecule has 0 amide bonds. The lowest BCUT2D eigenvalue weighted by molar-refractivity contribution is 0.424. The van der Waals surface area contributed by atoms with Crippen LogP contribution in [-0.2, 0) is 6.54 Å². The fraction of sp³-hybridized carbons (Fsp3) is 0.417. The number of thioether (sulfide) groups is 1. The van der Waals surface area contributed by atoms with Crippen molar-refractivity contribution in [3.63, 3.8) is 0 Å². The van der Waals surface area contributed by atoms with Gasteiger partial charge in [0.15, 0.2) is 23.4 Å². The number of nitrogens with zero attached hydrogens (tertiary/aromatic N) is 2. The van der Waals surface area contributed by atoms with Crippen molar-refractivity contribution >= 4 is 17.7 Å². The molecule has 0 aromatic heterocycles. The van der Waals surface area contributed by atoms with Gasteiger partial charge >= 0.3 is 0 Å². The fourth-order valence-corrected chi connectivity index (χ4v) is 2.70. The van der Waals surface area contributed by atoms with Crippen LogP contribution in [0.3, 0.4) is 0 Å². The Hall–Kier alpha value is -1.44. The van der Waals surface area contributed by atoms with E-state index in [-0.39, 0.29) is 5.96 Å². The van der Waals surface area contributed by atoms with E-state index in [0.29, 0.717) is 19.2 Å². The zero-order valence-corrected chi connectivity index (χ0v) is 11.3. The fourth-order valence-electron chi connectivity index (χ4n) is 1.80. The SMILES string of the molecule is NC(=NCc1c(F)cc(F)c(F)c1F)N1CCSCC1. The Morgan fingerprint density at radius 2 is 1.80 bits per heavy atom. The van der Waals surface area contributed by atoms with Gasteiger partial charge in [0.05, 0.1) is 6.54 Å². The summed E-state index contributed by atoms with van der Waals surface area (Å²) in [5.74, 6) is -4.07. The highest BCUT2D eigenvalue weighted by molar-refractivity contribution is 7.99. The zero-order chi connectivity index (χ0) is 14.7. The highest BCUT2D eigenvalue weighted by Crippen LogP contribution is 2.20. The van der Waals surface area contributed by atoms with Gasteiger partial charge in [-0.15, -0.1) is 0 Å². The molecule has 0 bridgehead atoms. The highest BCUT2D eigenvalue weighted by Gasteiger charge is 2.19. The number of halogens is 4. The maximum atomic E-state index is 13.4. The first-order chi connectivity index (χ1) is 9.50. The van der Waals surface area contributed by atoms with Crippen molar-refractivity contribution in [1.82, 2.24) is 4.90 Å². The minimum Gasteiger partial charge on any atom is -0.370 e. The average molecular weight is 307 g/mol. The summed E-state index contributed by atoms with van der Waals surface area (Å²) in [6.07, 6.45) is 0. The smallest absolute Gasteiger partial charge is 0.194 e. The molecule has 0 atom stereocenters. The molecule has 1 aromatic carbocycles. The van der Waals surface area contributed by atoms with Gasteiger partial charge in [-0.1, -0.05) is 0 Å². The number of aliphatic imine (C=N–C) groups is 1. The lowest BCUT2D eigenvalue weighted by Gasteiger charge is -2.27. The van der Waals surface area contributed by atoms with E-state index in [2.05, 4.69) is 4.99 Å². The maximum Gasteiger partial charge on any atom is 0.194 e. The minimum atomic E-state index is -1.70. The molecule has 0 unspecified atom stereocenters. The quantitative estimate of drug-likeness (QED) is 0.299.